The molecular formula is C20H28O2. The number of Topliss-reactive ketones (excluding diaryl/α,β-unsaturated/α-hetero) is 1. The Morgan fingerprint density at radius 3 is 2.50 bits per heavy atom. The Morgan fingerprint density at radius 2 is 1.95 bits per heavy atom. The number of aromatic hydroxyl groups is 1. The molecule has 2 heteroatoms. The van der Waals surface area contributed by atoms with Crippen molar-refractivity contribution in [2.24, 2.45) is 0 Å². The number of phenolic OH excluding ortho intramolecular Hbond substituents is 1. The number of unbranched alkanes of at least 4 members (excludes halogenated alkanes) is 2. The van der Waals surface area contributed by atoms with Crippen molar-refractivity contribution < 1.29 is 9.90 Å². The minimum absolute atomic E-state index is 0.110. The summed E-state index contributed by atoms with van der Waals surface area (Å²) in [7, 11) is 0. The Bertz CT molecular complexity index is 556. The molecule has 0 saturated carbocycles. The largest absolute Gasteiger partial charge is 0.507 e. The molecule has 0 aliphatic rings. The van der Waals surface area contributed by atoms with Crippen molar-refractivity contribution in [3.63, 3.8) is 0 Å². The van der Waals surface area contributed by atoms with Gasteiger partial charge in [0.25, 0.3) is 0 Å². The van der Waals surface area contributed by atoms with Crippen LogP contribution in [0.25, 0.3) is 0 Å². The highest BCUT2D eigenvalue weighted by Crippen LogP contribution is 2.35. The Hall–Kier alpha value is -1.75. The third kappa shape index (κ3) is 4.91. The van der Waals surface area contributed by atoms with Crippen LogP contribution >= 0.6 is 0 Å². The highest BCUT2D eigenvalue weighted by atomic mass is 16.3. The molecule has 0 aliphatic carbocycles. The van der Waals surface area contributed by atoms with Crippen molar-refractivity contribution in [3.8, 4) is 18.1 Å². The van der Waals surface area contributed by atoms with Crippen molar-refractivity contribution in [3.05, 3.63) is 28.8 Å². The second kappa shape index (κ2) is 8.03. The number of hydrogen-bond donors (Lipinski definition) is 1. The molecule has 0 aromatic heterocycles. The lowest BCUT2D eigenvalue weighted by molar-refractivity contribution is 0.0980. The summed E-state index contributed by atoms with van der Waals surface area (Å²) in [5, 5.41) is 10.5. The Balaban J connectivity index is 3.17. The lowest BCUT2D eigenvalue weighted by Gasteiger charge is -2.23. The van der Waals surface area contributed by atoms with Crippen LogP contribution in [0.4, 0.5) is 0 Å². The molecule has 0 amide bonds. The summed E-state index contributed by atoms with van der Waals surface area (Å²) < 4.78 is 0. The van der Waals surface area contributed by atoms with Gasteiger partial charge in [0.05, 0.1) is 0 Å². The highest BCUT2D eigenvalue weighted by Gasteiger charge is 2.22. The number of ketones is 1. The first-order chi connectivity index (χ1) is 10.3. The van der Waals surface area contributed by atoms with Crippen LogP contribution in [0.1, 0.15) is 81.3 Å². The van der Waals surface area contributed by atoms with Crippen LogP contribution in [0, 0.1) is 12.3 Å². The quantitative estimate of drug-likeness (QED) is 0.436. The zero-order valence-electron chi connectivity index (χ0n) is 14.3. The predicted octanol–water partition coefficient (Wildman–Crippen LogP) is 5.02. The maximum atomic E-state index is 12.4. The molecule has 0 bridgehead atoms. The molecule has 120 valence electrons. The fraction of sp³-hybridized carbons (Fsp3) is 0.550. The summed E-state index contributed by atoms with van der Waals surface area (Å²) in [5.41, 5.74) is 2.24. The Kier molecular flexibility index (Phi) is 6.68. The van der Waals surface area contributed by atoms with E-state index in [-0.39, 0.29) is 11.2 Å². The summed E-state index contributed by atoms with van der Waals surface area (Å²) in [6, 6.07) is 3.71. The van der Waals surface area contributed by atoms with Crippen molar-refractivity contribution in [2.75, 3.05) is 0 Å². The molecule has 0 fully saturated rings. The predicted molar refractivity (Wildman–Crippen MR) is 92.4 cm³/mol. The fourth-order valence-electron chi connectivity index (χ4n) is 2.48. The van der Waals surface area contributed by atoms with Crippen molar-refractivity contribution in [2.45, 2.75) is 71.6 Å². The van der Waals surface area contributed by atoms with Crippen molar-refractivity contribution >= 4 is 5.78 Å². The second-order valence-corrected chi connectivity index (χ2v) is 6.87. The molecule has 22 heavy (non-hydrogen) atoms. The summed E-state index contributed by atoms with van der Waals surface area (Å²) in [6.07, 6.45) is 9.91. The number of hydrogen-bond acceptors (Lipinski definition) is 2. The van der Waals surface area contributed by atoms with Gasteiger partial charge in [0.2, 0.25) is 0 Å². The van der Waals surface area contributed by atoms with Crippen molar-refractivity contribution in [1.29, 1.82) is 0 Å². The minimum Gasteiger partial charge on any atom is -0.507 e. The normalized spacial score (nSPS) is 11.2. The fourth-order valence-corrected chi connectivity index (χ4v) is 2.48. The average molecular weight is 300 g/mol. The molecule has 2 nitrogen and oxygen atoms in total. The summed E-state index contributed by atoms with van der Waals surface area (Å²) in [5.74, 6) is 3.02. The number of aryl methyl sites for hydroxylation is 1. The van der Waals surface area contributed by atoms with E-state index in [4.69, 9.17) is 6.42 Å². The van der Waals surface area contributed by atoms with E-state index in [1.165, 1.54) is 0 Å². The van der Waals surface area contributed by atoms with Gasteiger partial charge in [-0.3, -0.25) is 4.79 Å². The van der Waals surface area contributed by atoms with E-state index >= 15 is 0 Å². The number of carbonyl (C=O) groups excluding carboxylic acids is 1. The van der Waals surface area contributed by atoms with Gasteiger partial charge in [-0.25, -0.2) is 0 Å². The van der Waals surface area contributed by atoms with E-state index in [0.29, 0.717) is 30.6 Å². The van der Waals surface area contributed by atoms with E-state index in [1.54, 1.807) is 0 Å². The number of benzene rings is 1. The minimum atomic E-state index is -0.194. The van der Waals surface area contributed by atoms with E-state index in [0.717, 1.165) is 30.4 Å². The molecule has 0 heterocycles. The van der Waals surface area contributed by atoms with Crippen molar-refractivity contribution in [1.82, 2.24) is 0 Å². The second-order valence-electron chi connectivity index (χ2n) is 6.87. The van der Waals surface area contributed by atoms with E-state index in [9.17, 15) is 9.90 Å². The van der Waals surface area contributed by atoms with Gasteiger partial charge in [-0.2, -0.15) is 0 Å². The third-order valence-corrected chi connectivity index (χ3v) is 3.84. The van der Waals surface area contributed by atoms with Gasteiger partial charge in [-0.05, 0) is 42.4 Å². The molecule has 0 spiro atoms. The van der Waals surface area contributed by atoms with E-state index in [1.807, 2.05) is 12.1 Å². The number of rotatable bonds is 7. The van der Waals surface area contributed by atoms with Gasteiger partial charge in [0, 0.05) is 24.0 Å². The molecule has 1 aromatic carbocycles. The lowest BCUT2D eigenvalue weighted by Crippen LogP contribution is -2.14. The lowest BCUT2D eigenvalue weighted by atomic mass is 9.82. The maximum Gasteiger partial charge on any atom is 0.162 e. The summed E-state index contributed by atoms with van der Waals surface area (Å²) in [4.78, 5) is 12.4. The first-order valence-corrected chi connectivity index (χ1v) is 8.14. The zero-order chi connectivity index (χ0) is 16.8. The van der Waals surface area contributed by atoms with Gasteiger partial charge in [0.15, 0.2) is 5.78 Å². The molecule has 0 unspecified atom stereocenters. The first kappa shape index (κ1) is 18.3. The Morgan fingerprint density at radius 1 is 1.27 bits per heavy atom. The maximum absolute atomic E-state index is 12.4. The van der Waals surface area contributed by atoms with Crippen LogP contribution in [-0.4, -0.2) is 10.9 Å². The molecule has 1 rings (SSSR count). The standard InChI is InChI=1S/C20H28O2/c1-6-8-10-12-18(21)16-13-15(11-9-7-2)19(22)17(14-16)20(3,4)5/h1,13-14,22H,7-12H2,2-5H3. The van der Waals surface area contributed by atoms with E-state index in [2.05, 4.69) is 33.6 Å². The number of terminal acetylenes is 1. The SMILES string of the molecule is C#CCCCC(=O)c1cc(CCCC)c(O)c(C(C)(C)C)c1. The molecule has 0 atom stereocenters. The summed E-state index contributed by atoms with van der Waals surface area (Å²) >= 11 is 0. The van der Waals surface area contributed by atoms with Crippen LogP contribution in [0.3, 0.4) is 0 Å². The first-order valence-electron chi connectivity index (χ1n) is 8.14. The Labute approximate surface area is 134 Å². The topological polar surface area (TPSA) is 37.3 Å². The van der Waals surface area contributed by atoms with Gasteiger partial charge in [-0.1, -0.05) is 34.1 Å². The summed E-state index contributed by atoms with van der Waals surface area (Å²) in [6.45, 7) is 8.28. The molecular weight excluding hydrogens is 272 g/mol. The van der Waals surface area contributed by atoms with Crippen LogP contribution in [0.2, 0.25) is 0 Å². The van der Waals surface area contributed by atoms with Gasteiger partial charge in [0.1, 0.15) is 5.75 Å². The number of phenols is 1. The molecule has 0 saturated heterocycles. The van der Waals surface area contributed by atoms with Gasteiger partial charge >= 0.3 is 0 Å². The smallest absolute Gasteiger partial charge is 0.162 e. The molecule has 0 aliphatic heterocycles. The highest BCUT2D eigenvalue weighted by molar-refractivity contribution is 5.96. The number of carbonyl (C=O) groups is 1. The van der Waals surface area contributed by atoms with Crippen LogP contribution in [-0.2, 0) is 11.8 Å². The van der Waals surface area contributed by atoms with Gasteiger partial charge < -0.3 is 5.11 Å². The monoisotopic (exact) mass is 300 g/mol. The average Bonchev–Trinajstić information content (AvgIpc) is 2.45. The third-order valence-electron chi connectivity index (χ3n) is 3.84. The van der Waals surface area contributed by atoms with Crippen LogP contribution in [0.5, 0.6) is 5.75 Å². The molecule has 1 aromatic rings. The molecule has 0 radical (unpaired) electrons. The molecule has 1 N–H and O–H groups in total. The van der Waals surface area contributed by atoms with E-state index < -0.39 is 0 Å². The van der Waals surface area contributed by atoms with Crippen LogP contribution in [0.15, 0.2) is 12.1 Å². The van der Waals surface area contributed by atoms with Gasteiger partial charge in [-0.15, -0.1) is 12.3 Å². The van der Waals surface area contributed by atoms with Crippen LogP contribution < -0.4 is 0 Å². The zero-order valence-corrected chi connectivity index (χ0v) is 14.3.